The second-order valence-electron chi connectivity index (χ2n) is 17.7. The van der Waals surface area contributed by atoms with E-state index in [1.807, 2.05) is 42.8 Å². The lowest BCUT2D eigenvalue weighted by molar-refractivity contribution is 0.408. The molecule has 342 valence electrons. The molecule has 0 saturated heterocycles. The predicted molar refractivity (Wildman–Crippen MR) is 283 cm³/mol. The van der Waals surface area contributed by atoms with Gasteiger partial charge in [0.15, 0.2) is 0 Å². The third-order valence-electron chi connectivity index (χ3n) is 11.1. The maximum absolute atomic E-state index is 13.1. The van der Waals surface area contributed by atoms with E-state index in [0.29, 0.717) is 29.8 Å². The Labute approximate surface area is 401 Å². The molecule has 0 saturated carbocycles. The maximum atomic E-state index is 13.1. The van der Waals surface area contributed by atoms with E-state index in [2.05, 4.69) is 170 Å². The summed E-state index contributed by atoms with van der Waals surface area (Å²) in [4.78, 5) is 7.60. The normalized spacial score (nSPS) is 11.7. The number of thiophene rings is 1. The third kappa shape index (κ3) is 13.8. The van der Waals surface area contributed by atoms with Crippen LogP contribution in [0, 0.1) is 42.6 Å². The van der Waals surface area contributed by atoms with Crippen molar-refractivity contribution >= 4 is 67.5 Å². The number of hydrogen-bond acceptors (Lipinski definition) is 7. The minimum absolute atomic E-state index is 0.0932. The molecule has 4 aromatic carbocycles. The highest BCUT2D eigenvalue weighted by Crippen LogP contribution is 2.33. The van der Waals surface area contributed by atoms with Crippen molar-refractivity contribution in [3.8, 4) is 11.8 Å². The standard InChI is InChI=1S/C14H16O.C11H15F.C11H13N.C10H12N2S.C10H11NS2/c1-10(2)13-8-11-6-4-5-7-12(11)9-14(13)15-3;1-7(2)10-6-11(12)9(4)5-8(10)3;1-8(2)11-5-4-10(7-12)6-9(11)3;1-7(2)12-5-4-9-10(8(12)3)13-6-11-9;1-7(2)11-5-3-8-4-6-13-9(8)10(11)12/h4-10H,1-3H3;5-7H,1-4H3;4-6,8H,1-3H3;4-7H,3H2,1-2H3;3-7H,1-2H3. The van der Waals surface area contributed by atoms with Crippen LogP contribution < -0.4 is 4.74 Å². The monoisotopic (exact) mass is 926 g/mol. The first kappa shape index (κ1) is 52.2. The van der Waals surface area contributed by atoms with Crippen molar-refractivity contribution in [2.45, 2.75) is 120 Å². The van der Waals surface area contributed by atoms with Crippen molar-refractivity contribution in [3.63, 3.8) is 0 Å². The van der Waals surface area contributed by atoms with Crippen molar-refractivity contribution < 1.29 is 9.13 Å². The molecule has 8 rings (SSSR count). The van der Waals surface area contributed by atoms with Crippen molar-refractivity contribution in [2.24, 2.45) is 0 Å². The Bertz CT molecular complexity index is 2820. The fourth-order valence-corrected chi connectivity index (χ4v) is 9.65. The van der Waals surface area contributed by atoms with E-state index < -0.39 is 0 Å². The number of nitrogens with zero attached hydrogens (tertiary/aromatic N) is 4. The molecule has 0 spiro atoms. The summed E-state index contributed by atoms with van der Waals surface area (Å²) in [5.74, 6) is 2.33. The maximum Gasteiger partial charge on any atom is 0.126 e. The van der Waals surface area contributed by atoms with Crippen LogP contribution in [0.25, 0.3) is 32.6 Å². The molecule has 1 aliphatic heterocycles. The van der Waals surface area contributed by atoms with E-state index in [1.165, 1.54) is 48.0 Å². The van der Waals surface area contributed by atoms with E-state index in [4.69, 9.17) is 22.2 Å². The van der Waals surface area contributed by atoms with Gasteiger partial charge in [0.1, 0.15) is 16.2 Å². The molecule has 65 heavy (non-hydrogen) atoms. The smallest absolute Gasteiger partial charge is 0.126 e. The first-order valence-electron chi connectivity index (χ1n) is 22.3. The van der Waals surface area contributed by atoms with Crippen LogP contribution >= 0.6 is 34.9 Å². The van der Waals surface area contributed by atoms with Crippen molar-refractivity contribution in [1.29, 1.82) is 5.26 Å². The zero-order valence-electron chi connectivity index (χ0n) is 40.8. The average molecular weight is 927 g/mol. The number of hydrogen-bond donors (Lipinski definition) is 0. The lowest BCUT2D eigenvalue weighted by atomic mass is 9.96. The van der Waals surface area contributed by atoms with Gasteiger partial charge in [-0.1, -0.05) is 96.7 Å². The Balaban J connectivity index is 0.000000178. The summed E-state index contributed by atoms with van der Waals surface area (Å²) in [5, 5.41) is 14.5. The molecule has 5 nitrogen and oxygen atoms in total. The fraction of sp³-hybridized carbons (Fsp3) is 0.339. The quantitative estimate of drug-likeness (QED) is 0.156. The molecule has 0 aliphatic carbocycles. The summed E-state index contributed by atoms with van der Waals surface area (Å²) >= 11 is 8.77. The van der Waals surface area contributed by atoms with E-state index in [-0.39, 0.29) is 5.82 Å². The third-order valence-corrected chi connectivity index (χ3v) is 13.5. The van der Waals surface area contributed by atoms with Crippen molar-refractivity contribution in [1.82, 2.24) is 14.5 Å². The summed E-state index contributed by atoms with van der Waals surface area (Å²) in [6, 6.07) is 29.4. The van der Waals surface area contributed by atoms with Crippen LogP contribution in [0.3, 0.4) is 0 Å². The first-order valence-corrected chi connectivity index (χ1v) is 24.5. The number of rotatable bonds is 6. The van der Waals surface area contributed by atoms with Gasteiger partial charge in [0, 0.05) is 24.5 Å². The number of methoxy groups -OCH3 is 1. The number of nitriles is 1. The topological polar surface area (TPSA) is 54.1 Å². The molecule has 3 aromatic heterocycles. The zero-order valence-corrected chi connectivity index (χ0v) is 43.2. The minimum atomic E-state index is -0.0932. The molecule has 4 heterocycles. The molecule has 0 bridgehead atoms. The lowest BCUT2D eigenvalue weighted by Crippen LogP contribution is -2.24. The van der Waals surface area contributed by atoms with Gasteiger partial charge in [0.25, 0.3) is 0 Å². The van der Waals surface area contributed by atoms with Gasteiger partial charge in [-0.05, 0) is 170 Å². The molecule has 0 N–H and O–H groups in total. The molecule has 9 heteroatoms. The van der Waals surface area contributed by atoms with E-state index in [1.54, 1.807) is 42.8 Å². The molecule has 1 aliphatic rings. The lowest BCUT2D eigenvalue weighted by Gasteiger charge is -2.28. The number of aromatic nitrogens is 2. The predicted octanol–water partition coefficient (Wildman–Crippen LogP) is 17.3. The van der Waals surface area contributed by atoms with Crippen LogP contribution in [0.15, 0.2) is 109 Å². The summed E-state index contributed by atoms with van der Waals surface area (Å²) < 4.78 is 22.9. The average Bonchev–Trinajstić information content (AvgIpc) is 3.96. The number of ether oxygens (including phenoxy) is 1. The number of aryl methyl sites for hydroxylation is 3. The summed E-state index contributed by atoms with van der Waals surface area (Å²) in [7, 11) is 1.73. The largest absolute Gasteiger partial charge is 0.496 e. The van der Waals surface area contributed by atoms with Crippen LogP contribution in [0.1, 0.15) is 143 Å². The fourth-order valence-electron chi connectivity index (χ4n) is 7.53. The van der Waals surface area contributed by atoms with Crippen molar-refractivity contribution in [3.05, 3.63) is 169 Å². The van der Waals surface area contributed by atoms with Gasteiger partial charge in [-0.25, -0.2) is 9.37 Å². The summed E-state index contributed by atoms with van der Waals surface area (Å²) in [6.07, 6.45) is 6.16. The molecule has 0 radical (unpaired) electrons. The molecule has 0 atom stereocenters. The number of halogens is 1. The van der Waals surface area contributed by atoms with E-state index in [9.17, 15) is 4.39 Å². The van der Waals surface area contributed by atoms with Gasteiger partial charge in [-0.3, -0.25) is 0 Å². The van der Waals surface area contributed by atoms with Crippen molar-refractivity contribution in [2.75, 3.05) is 7.11 Å². The van der Waals surface area contributed by atoms with Crippen LogP contribution in [-0.4, -0.2) is 27.6 Å². The highest BCUT2D eigenvalue weighted by Gasteiger charge is 2.19. The van der Waals surface area contributed by atoms with E-state index in [0.717, 1.165) is 38.5 Å². The van der Waals surface area contributed by atoms with E-state index >= 15 is 0 Å². The van der Waals surface area contributed by atoms with Crippen LogP contribution in [-0.2, 0) is 0 Å². The number of thiazole rings is 1. The van der Waals surface area contributed by atoms with Crippen LogP contribution in [0.5, 0.6) is 5.75 Å². The molecule has 0 unspecified atom stereocenters. The number of pyridine rings is 1. The van der Waals surface area contributed by atoms with Gasteiger partial charge in [0.2, 0.25) is 0 Å². The Morgan fingerprint density at radius 3 is 1.92 bits per heavy atom. The number of benzene rings is 4. The molecule has 7 aromatic rings. The highest BCUT2D eigenvalue weighted by molar-refractivity contribution is 7.71. The van der Waals surface area contributed by atoms with Gasteiger partial charge >= 0.3 is 0 Å². The summed E-state index contributed by atoms with van der Waals surface area (Å²) in [5.41, 5.74) is 11.6. The second kappa shape index (κ2) is 24.2. The Hall–Kier alpha value is -5.40. The van der Waals surface area contributed by atoms with Gasteiger partial charge in [-0.2, -0.15) is 5.26 Å². The first-order chi connectivity index (χ1) is 30.8. The van der Waals surface area contributed by atoms with Crippen LogP contribution in [0.2, 0.25) is 0 Å². The molecule has 0 fully saturated rings. The van der Waals surface area contributed by atoms with Gasteiger partial charge in [0.05, 0.1) is 45.2 Å². The van der Waals surface area contributed by atoms with Gasteiger partial charge in [-0.15, -0.1) is 22.7 Å². The van der Waals surface area contributed by atoms with Crippen LogP contribution in [0.4, 0.5) is 4.39 Å². The second-order valence-corrected chi connectivity index (χ2v) is 19.9. The SMILES string of the molecule is C=C1c2scnc2C=CN1C(C)C.CC(C)n1ccc2ccsc2c1=S.COc1cc2ccccc2cc1C(C)C.Cc1cc(C#N)ccc1C(C)C.Cc1cc(C)c(C(C)C)cc1F. The van der Waals surface area contributed by atoms with Gasteiger partial charge < -0.3 is 14.2 Å². The molecular formula is C56H67FN4OS3. The Morgan fingerprint density at radius 1 is 0.723 bits per heavy atom. The summed E-state index contributed by atoms with van der Waals surface area (Å²) in [6.45, 7) is 31.4. The Kier molecular flexibility index (Phi) is 19.5. The zero-order chi connectivity index (χ0) is 48.1. The highest BCUT2D eigenvalue weighted by atomic mass is 32.1. The molecule has 0 amide bonds. The molecular weight excluding hydrogens is 860 g/mol. The Morgan fingerprint density at radius 2 is 1.35 bits per heavy atom. The number of fused-ring (bicyclic) bond motifs is 3. The minimum Gasteiger partial charge on any atom is -0.496 e.